The van der Waals surface area contributed by atoms with Gasteiger partial charge in [-0.15, -0.1) is 0 Å². The van der Waals surface area contributed by atoms with E-state index in [1.165, 1.54) is 0 Å². The fraction of sp³-hybridized carbons (Fsp3) is 0.556. The SMILES string of the molecule is CCOc1ccc(C(=O)N2CCN(CC(=O)NC3CC3)CC2)cc1. The summed E-state index contributed by atoms with van der Waals surface area (Å²) in [6.45, 7) is 5.77. The molecule has 2 fully saturated rings. The van der Waals surface area contributed by atoms with Crippen molar-refractivity contribution >= 4 is 11.8 Å². The summed E-state index contributed by atoms with van der Waals surface area (Å²) in [7, 11) is 0. The number of ether oxygens (including phenoxy) is 1. The molecule has 0 spiro atoms. The highest BCUT2D eigenvalue weighted by molar-refractivity contribution is 5.94. The zero-order valence-electron chi connectivity index (χ0n) is 14.2. The highest BCUT2D eigenvalue weighted by atomic mass is 16.5. The number of amides is 2. The molecule has 1 aromatic carbocycles. The smallest absolute Gasteiger partial charge is 0.253 e. The van der Waals surface area contributed by atoms with E-state index >= 15 is 0 Å². The fourth-order valence-corrected chi connectivity index (χ4v) is 2.86. The molecule has 2 amide bonds. The molecule has 0 aromatic heterocycles. The molecule has 1 N–H and O–H groups in total. The van der Waals surface area contributed by atoms with Gasteiger partial charge in [0.1, 0.15) is 5.75 Å². The number of hydrogen-bond acceptors (Lipinski definition) is 4. The molecule has 130 valence electrons. The Morgan fingerprint density at radius 1 is 1.12 bits per heavy atom. The number of hydrogen-bond donors (Lipinski definition) is 1. The molecule has 6 nitrogen and oxygen atoms in total. The summed E-state index contributed by atoms with van der Waals surface area (Å²) in [4.78, 5) is 28.3. The highest BCUT2D eigenvalue weighted by Crippen LogP contribution is 2.18. The van der Waals surface area contributed by atoms with E-state index in [0.717, 1.165) is 31.7 Å². The summed E-state index contributed by atoms with van der Waals surface area (Å²) in [5.74, 6) is 0.921. The van der Waals surface area contributed by atoms with Gasteiger partial charge in [0.2, 0.25) is 5.91 Å². The molecule has 0 radical (unpaired) electrons. The van der Waals surface area contributed by atoms with Crippen LogP contribution in [0.15, 0.2) is 24.3 Å². The van der Waals surface area contributed by atoms with Crippen LogP contribution in [0.5, 0.6) is 5.75 Å². The molecule has 0 bridgehead atoms. The van der Waals surface area contributed by atoms with Gasteiger partial charge in [0.25, 0.3) is 5.91 Å². The highest BCUT2D eigenvalue weighted by Gasteiger charge is 2.26. The maximum absolute atomic E-state index is 12.5. The number of benzene rings is 1. The predicted molar refractivity (Wildman–Crippen MR) is 91.1 cm³/mol. The van der Waals surface area contributed by atoms with Gasteiger partial charge in [-0.05, 0) is 44.0 Å². The van der Waals surface area contributed by atoms with Crippen LogP contribution in [-0.4, -0.2) is 67.0 Å². The molecule has 1 aliphatic heterocycles. The van der Waals surface area contributed by atoms with Crippen molar-refractivity contribution in [3.05, 3.63) is 29.8 Å². The minimum absolute atomic E-state index is 0.0418. The molecule has 0 unspecified atom stereocenters. The van der Waals surface area contributed by atoms with Crippen LogP contribution >= 0.6 is 0 Å². The van der Waals surface area contributed by atoms with Crippen molar-refractivity contribution in [2.24, 2.45) is 0 Å². The van der Waals surface area contributed by atoms with Crippen molar-refractivity contribution in [2.45, 2.75) is 25.8 Å². The van der Waals surface area contributed by atoms with Crippen LogP contribution in [-0.2, 0) is 4.79 Å². The second-order valence-corrected chi connectivity index (χ2v) is 6.37. The molecule has 1 aromatic rings. The molecule has 6 heteroatoms. The third-order valence-corrected chi connectivity index (χ3v) is 4.38. The van der Waals surface area contributed by atoms with Gasteiger partial charge in [0, 0.05) is 37.8 Å². The lowest BCUT2D eigenvalue weighted by Gasteiger charge is -2.34. The van der Waals surface area contributed by atoms with Gasteiger partial charge < -0.3 is 15.0 Å². The Kier molecular flexibility index (Phi) is 5.35. The average Bonchev–Trinajstić information content (AvgIpc) is 3.40. The Hall–Kier alpha value is -2.08. The molecule has 2 aliphatic rings. The van der Waals surface area contributed by atoms with E-state index in [-0.39, 0.29) is 11.8 Å². The number of carbonyl (C=O) groups excluding carboxylic acids is 2. The lowest BCUT2D eigenvalue weighted by Crippen LogP contribution is -2.51. The molecule has 0 atom stereocenters. The van der Waals surface area contributed by atoms with E-state index in [1.54, 1.807) is 0 Å². The molecule has 1 aliphatic carbocycles. The number of nitrogens with one attached hydrogen (secondary N) is 1. The minimum Gasteiger partial charge on any atom is -0.494 e. The van der Waals surface area contributed by atoms with E-state index < -0.39 is 0 Å². The maximum Gasteiger partial charge on any atom is 0.253 e. The number of carbonyl (C=O) groups is 2. The van der Waals surface area contributed by atoms with Crippen LogP contribution in [0.4, 0.5) is 0 Å². The van der Waals surface area contributed by atoms with Crippen LogP contribution in [0.2, 0.25) is 0 Å². The van der Waals surface area contributed by atoms with Crippen molar-refractivity contribution in [1.29, 1.82) is 0 Å². The van der Waals surface area contributed by atoms with Crippen LogP contribution in [0, 0.1) is 0 Å². The summed E-state index contributed by atoms with van der Waals surface area (Å²) >= 11 is 0. The van der Waals surface area contributed by atoms with Gasteiger partial charge in [-0.2, -0.15) is 0 Å². The Morgan fingerprint density at radius 3 is 2.38 bits per heavy atom. The van der Waals surface area contributed by atoms with E-state index in [9.17, 15) is 9.59 Å². The summed E-state index contributed by atoms with van der Waals surface area (Å²) in [5.41, 5.74) is 0.679. The molecule has 1 heterocycles. The summed E-state index contributed by atoms with van der Waals surface area (Å²) < 4.78 is 5.40. The number of nitrogens with zero attached hydrogens (tertiary/aromatic N) is 2. The molecule has 3 rings (SSSR count). The second kappa shape index (κ2) is 7.66. The lowest BCUT2D eigenvalue weighted by molar-refractivity contribution is -0.122. The predicted octanol–water partition coefficient (Wildman–Crippen LogP) is 1.12. The largest absolute Gasteiger partial charge is 0.494 e. The quantitative estimate of drug-likeness (QED) is 0.849. The number of piperazine rings is 1. The molecule has 1 saturated heterocycles. The lowest BCUT2D eigenvalue weighted by atomic mass is 10.1. The van der Waals surface area contributed by atoms with Crippen molar-refractivity contribution in [3.63, 3.8) is 0 Å². The zero-order chi connectivity index (χ0) is 16.9. The van der Waals surface area contributed by atoms with Crippen LogP contribution in [0.25, 0.3) is 0 Å². The summed E-state index contributed by atoms with van der Waals surface area (Å²) in [6, 6.07) is 7.68. The maximum atomic E-state index is 12.5. The normalized spacial score (nSPS) is 18.3. The zero-order valence-corrected chi connectivity index (χ0v) is 14.2. The van der Waals surface area contributed by atoms with Crippen LogP contribution < -0.4 is 10.1 Å². The first kappa shape index (κ1) is 16.8. The molecule has 1 saturated carbocycles. The summed E-state index contributed by atoms with van der Waals surface area (Å²) in [6.07, 6.45) is 2.21. The van der Waals surface area contributed by atoms with E-state index in [2.05, 4.69) is 10.2 Å². The van der Waals surface area contributed by atoms with Crippen LogP contribution in [0.3, 0.4) is 0 Å². The Balaban J connectivity index is 1.46. The van der Waals surface area contributed by atoms with Crippen molar-refractivity contribution in [1.82, 2.24) is 15.1 Å². The topological polar surface area (TPSA) is 61.9 Å². The van der Waals surface area contributed by atoms with Crippen molar-refractivity contribution in [3.8, 4) is 5.75 Å². The minimum atomic E-state index is 0.0418. The molecular weight excluding hydrogens is 306 g/mol. The number of rotatable bonds is 6. The second-order valence-electron chi connectivity index (χ2n) is 6.37. The first-order valence-electron chi connectivity index (χ1n) is 8.69. The monoisotopic (exact) mass is 331 g/mol. The van der Waals surface area contributed by atoms with E-state index in [4.69, 9.17) is 4.74 Å². The molecular formula is C18H25N3O3. The van der Waals surface area contributed by atoms with Crippen molar-refractivity contribution < 1.29 is 14.3 Å². The van der Waals surface area contributed by atoms with Gasteiger partial charge in [-0.1, -0.05) is 0 Å². The third kappa shape index (κ3) is 4.47. The van der Waals surface area contributed by atoms with Gasteiger partial charge in [-0.3, -0.25) is 14.5 Å². The fourth-order valence-electron chi connectivity index (χ4n) is 2.86. The first-order chi connectivity index (χ1) is 11.7. The first-order valence-corrected chi connectivity index (χ1v) is 8.69. The van der Waals surface area contributed by atoms with Gasteiger partial charge in [0.05, 0.1) is 13.2 Å². The van der Waals surface area contributed by atoms with E-state index in [1.807, 2.05) is 36.1 Å². The Morgan fingerprint density at radius 2 is 1.79 bits per heavy atom. The Labute approximate surface area is 142 Å². The standard InChI is InChI=1S/C18H25N3O3/c1-2-24-16-7-3-14(4-8-16)18(23)21-11-9-20(10-12-21)13-17(22)19-15-5-6-15/h3-4,7-8,15H,2,5-6,9-13H2,1H3,(H,19,22). The van der Waals surface area contributed by atoms with Gasteiger partial charge in [0.15, 0.2) is 0 Å². The summed E-state index contributed by atoms with van der Waals surface area (Å²) in [5, 5.41) is 3.00. The molecule has 24 heavy (non-hydrogen) atoms. The van der Waals surface area contributed by atoms with Gasteiger partial charge in [-0.25, -0.2) is 0 Å². The average molecular weight is 331 g/mol. The Bertz CT molecular complexity index is 576. The van der Waals surface area contributed by atoms with Crippen molar-refractivity contribution in [2.75, 3.05) is 39.3 Å². The third-order valence-electron chi connectivity index (χ3n) is 4.38. The van der Waals surface area contributed by atoms with Crippen LogP contribution in [0.1, 0.15) is 30.1 Å². The van der Waals surface area contributed by atoms with E-state index in [0.29, 0.717) is 37.8 Å². The van der Waals surface area contributed by atoms with Gasteiger partial charge >= 0.3 is 0 Å².